The highest BCUT2D eigenvalue weighted by Gasteiger charge is 2.71. The van der Waals surface area contributed by atoms with Crippen LogP contribution in [0.2, 0.25) is 0 Å². The Morgan fingerprint density at radius 3 is 2.49 bits per heavy atom. The highest BCUT2D eigenvalue weighted by Crippen LogP contribution is 2.75. The Hall–Kier alpha value is -0.440. The molecule has 5 nitrogen and oxygen atoms in total. The average Bonchev–Trinajstić information content (AvgIpc) is 3.00. The van der Waals surface area contributed by atoms with Gasteiger partial charge in [0.2, 0.25) is 0 Å². The number of hydrogen-bond donors (Lipinski definition) is 0. The molecule has 0 spiro atoms. The number of carbonyl (C=O) groups excluding carboxylic acids is 1. The van der Waals surface area contributed by atoms with Gasteiger partial charge in [0, 0.05) is 22.4 Å². The second kappa shape index (κ2) is 13.1. The van der Waals surface area contributed by atoms with E-state index < -0.39 is 0 Å². The first kappa shape index (κ1) is 35.9. The van der Waals surface area contributed by atoms with Crippen LogP contribution in [0.15, 0.2) is 23.8 Å². The monoisotopic (exact) mass is 738 g/mol. The zero-order chi connectivity index (χ0) is 33.0. The summed E-state index contributed by atoms with van der Waals surface area (Å²) in [4.78, 5) is 14.4. The summed E-state index contributed by atoms with van der Waals surface area (Å²) in [6.07, 6.45) is 11.0. The minimum atomic E-state index is -0.177. The van der Waals surface area contributed by atoms with Crippen molar-refractivity contribution in [3.63, 3.8) is 0 Å². The molecule has 0 amide bonds. The van der Waals surface area contributed by atoms with Crippen LogP contribution < -0.4 is 0 Å². The van der Waals surface area contributed by atoms with Crippen LogP contribution in [-0.4, -0.2) is 56.1 Å². The molecule has 4 fully saturated rings. The molecule has 1 aliphatic heterocycles. The molecule has 0 aromatic carbocycles. The summed E-state index contributed by atoms with van der Waals surface area (Å²) in [7, 11) is 1.87. The summed E-state index contributed by atoms with van der Waals surface area (Å²) in [5.74, 6) is 1.78. The SMILES string of the molecule is C=C(CI)CO[C@H]1[C@H](OC)C[C@@]23COC[C@@]1(C)[C@@H]2CC[C@H]1C3=CC[C@@]2(C)[C@H](C(=O)OCCCC)[C@@](C)([C@H](C)C(C)C)CC[C@]12C. The van der Waals surface area contributed by atoms with E-state index in [4.69, 9.17) is 18.9 Å². The van der Waals surface area contributed by atoms with Gasteiger partial charge in [-0.1, -0.05) is 103 Å². The molecule has 0 N–H and O–H groups in total. The van der Waals surface area contributed by atoms with Gasteiger partial charge in [-0.3, -0.25) is 4.79 Å². The second-order valence-corrected chi connectivity index (χ2v) is 17.9. The number of esters is 1. The van der Waals surface area contributed by atoms with E-state index in [2.05, 4.69) is 90.6 Å². The molecule has 45 heavy (non-hydrogen) atoms. The van der Waals surface area contributed by atoms with Gasteiger partial charge >= 0.3 is 5.97 Å². The summed E-state index contributed by atoms with van der Waals surface area (Å²) in [6, 6.07) is 0. The van der Waals surface area contributed by atoms with Crippen LogP contribution in [0.3, 0.4) is 0 Å². The first-order chi connectivity index (χ1) is 21.2. The highest BCUT2D eigenvalue weighted by molar-refractivity contribution is 14.1. The van der Waals surface area contributed by atoms with Gasteiger partial charge in [-0.05, 0) is 90.4 Å². The van der Waals surface area contributed by atoms with Crippen LogP contribution >= 0.6 is 22.6 Å². The maximum Gasteiger partial charge on any atom is 0.310 e. The molecule has 6 heteroatoms. The number of fused-ring (bicyclic) bond motifs is 3. The van der Waals surface area contributed by atoms with Gasteiger partial charge in [-0.25, -0.2) is 0 Å². The third-order valence-corrected chi connectivity index (χ3v) is 15.8. The Bertz CT molecular complexity index is 1150. The zero-order valence-electron chi connectivity index (χ0n) is 29.9. The normalized spacial score (nSPS) is 44.7. The summed E-state index contributed by atoms with van der Waals surface area (Å²) in [6.45, 7) is 25.9. The molecule has 5 rings (SSSR count). The number of alkyl halides is 1. The fourth-order valence-corrected chi connectivity index (χ4v) is 11.9. The fourth-order valence-electron chi connectivity index (χ4n) is 11.7. The lowest BCUT2D eigenvalue weighted by molar-refractivity contribution is -0.265. The molecule has 1 saturated heterocycles. The van der Waals surface area contributed by atoms with Crippen molar-refractivity contribution < 1.29 is 23.7 Å². The average molecular weight is 739 g/mol. The van der Waals surface area contributed by atoms with E-state index in [-0.39, 0.29) is 51.2 Å². The predicted octanol–water partition coefficient (Wildman–Crippen LogP) is 9.23. The maximum atomic E-state index is 14.4. The molecule has 11 atom stereocenters. The standard InChI is InChI=1S/C39H63IO5/c1-11-12-19-44-34(41)32-35(6,27(5)25(2)3)17-18-37(8)28-13-14-31-36(7)23-43-24-39(31,29(28)15-16-38(32,37)9)20-30(42-10)33(36)45-22-26(4)21-40/h15,25,27-28,30-33H,4,11-14,16-24H2,1-3,5-10H3/t27-,28+,30-,31+,32-,33+,35-,36+,37-,38+,39+/m1/s1. The van der Waals surface area contributed by atoms with Gasteiger partial charge in [0.1, 0.15) is 0 Å². The molecule has 0 aromatic heterocycles. The largest absolute Gasteiger partial charge is 0.465 e. The number of allylic oxidation sites excluding steroid dienone is 1. The molecule has 1 heterocycles. The Kier molecular flexibility index (Phi) is 10.5. The summed E-state index contributed by atoms with van der Waals surface area (Å²) < 4.78 is 26.7. The summed E-state index contributed by atoms with van der Waals surface area (Å²) in [5.41, 5.74) is 2.28. The van der Waals surface area contributed by atoms with Gasteiger partial charge in [0.15, 0.2) is 0 Å². The quantitative estimate of drug-likeness (QED) is 0.0696. The van der Waals surface area contributed by atoms with E-state index >= 15 is 0 Å². The minimum absolute atomic E-state index is 0.00322. The lowest BCUT2D eigenvalue weighted by atomic mass is 9.34. The molecule has 4 aliphatic carbocycles. The Morgan fingerprint density at radius 1 is 1.11 bits per heavy atom. The lowest BCUT2D eigenvalue weighted by Gasteiger charge is -2.71. The number of ether oxygens (including phenoxy) is 4. The van der Waals surface area contributed by atoms with Crippen molar-refractivity contribution in [3.05, 3.63) is 23.8 Å². The number of unbranched alkanes of at least 4 members (excludes halogenated alkanes) is 1. The van der Waals surface area contributed by atoms with Crippen molar-refractivity contribution in [1.29, 1.82) is 0 Å². The smallest absolute Gasteiger partial charge is 0.310 e. The first-order valence-electron chi connectivity index (χ1n) is 18.0. The molecule has 0 aromatic rings. The molecule has 256 valence electrons. The van der Waals surface area contributed by atoms with E-state index in [1.165, 1.54) is 12.8 Å². The van der Waals surface area contributed by atoms with E-state index in [0.717, 1.165) is 55.1 Å². The zero-order valence-corrected chi connectivity index (χ0v) is 32.1. The maximum absolute atomic E-state index is 14.4. The minimum Gasteiger partial charge on any atom is -0.465 e. The van der Waals surface area contributed by atoms with Crippen LogP contribution in [0.4, 0.5) is 0 Å². The van der Waals surface area contributed by atoms with E-state index in [9.17, 15) is 4.79 Å². The van der Waals surface area contributed by atoms with Crippen LogP contribution in [0.25, 0.3) is 0 Å². The topological polar surface area (TPSA) is 54.0 Å². The number of hydrogen-bond acceptors (Lipinski definition) is 5. The highest BCUT2D eigenvalue weighted by atomic mass is 127. The fraction of sp³-hybridized carbons (Fsp3) is 0.872. The third-order valence-electron chi connectivity index (χ3n) is 14.8. The molecule has 3 saturated carbocycles. The summed E-state index contributed by atoms with van der Waals surface area (Å²) in [5, 5.41) is 0. The predicted molar refractivity (Wildman–Crippen MR) is 190 cm³/mol. The van der Waals surface area contributed by atoms with Crippen molar-refractivity contribution in [2.24, 2.45) is 56.7 Å². The van der Waals surface area contributed by atoms with Crippen LogP contribution in [0, 0.1) is 56.7 Å². The number of halogens is 1. The van der Waals surface area contributed by atoms with Crippen LogP contribution in [0.1, 0.15) is 107 Å². The molecular formula is C39H63IO5. The van der Waals surface area contributed by atoms with Crippen molar-refractivity contribution in [3.8, 4) is 0 Å². The van der Waals surface area contributed by atoms with Crippen molar-refractivity contribution >= 4 is 28.6 Å². The first-order valence-corrected chi connectivity index (χ1v) is 19.5. The van der Waals surface area contributed by atoms with Gasteiger partial charge in [0.25, 0.3) is 0 Å². The van der Waals surface area contributed by atoms with E-state index in [1.807, 2.05) is 7.11 Å². The number of carbonyl (C=O) groups is 1. The lowest BCUT2D eigenvalue weighted by Crippen LogP contribution is -2.70. The number of rotatable bonds is 11. The van der Waals surface area contributed by atoms with E-state index in [1.54, 1.807) is 5.57 Å². The Morgan fingerprint density at radius 2 is 1.84 bits per heavy atom. The third kappa shape index (κ3) is 5.44. The molecule has 0 radical (unpaired) electrons. The van der Waals surface area contributed by atoms with Crippen molar-refractivity contribution in [2.45, 2.75) is 119 Å². The van der Waals surface area contributed by atoms with Crippen molar-refractivity contribution in [1.82, 2.24) is 0 Å². The second-order valence-electron chi connectivity index (χ2n) is 17.1. The van der Waals surface area contributed by atoms with E-state index in [0.29, 0.717) is 43.5 Å². The molecular weight excluding hydrogens is 675 g/mol. The van der Waals surface area contributed by atoms with Crippen LogP contribution in [-0.2, 0) is 23.7 Å². The van der Waals surface area contributed by atoms with Crippen LogP contribution in [0.5, 0.6) is 0 Å². The molecule has 0 unspecified atom stereocenters. The van der Waals surface area contributed by atoms with Crippen molar-refractivity contribution in [2.75, 3.05) is 38.0 Å². The van der Waals surface area contributed by atoms with Gasteiger partial charge in [0.05, 0.1) is 44.6 Å². The van der Waals surface area contributed by atoms with Gasteiger partial charge < -0.3 is 18.9 Å². The van der Waals surface area contributed by atoms with Gasteiger partial charge in [-0.15, -0.1) is 0 Å². The summed E-state index contributed by atoms with van der Waals surface area (Å²) >= 11 is 2.37. The number of methoxy groups -OCH3 is 1. The van der Waals surface area contributed by atoms with Gasteiger partial charge in [-0.2, -0.15) is 0 Å². The Balaban J connectivity index is 1.56. The Labute approximate surface area is 288 Å². The molecule has 2 bridgehead atoms. The molecule has 5 aliphatic rings.